The molecule has 0 atom stereocenters. The highest BCUT2D eigenvalue weighted by Gasteiger charge is 2.04. The molecular formula is C10H11N5O. The highest BCUT2D eigenvalue weighted by atomic mass is 16.1. The maximum absolute atomic E-state index is 11.7. The molecule has 0 bridgehead atoms. The third kappa shape index (κ3) is 1.78. The first kappa shape index (κ1) is 10.3. The van der Waals surface area contributed by atoms with Crippen LogP contribution in [0.25, 0.3) is 5.69 Å². The van der Waals surface area contributed by atoms with E-state index in [1.54, 1.807) is 0 Å². The van der Waals surface area contributed by atoms with Crippen molar-refractivity contribution in [2.75, 3.05) is 5.43 Å². The fourth-order valence-electron chi connectivity index (χ4n) is 1.40. The first-order valence-electron chi connectivity index (χ1n) is 4.70. The van der Waals surface area contributed by atoms with Crippen molar-refractivity contribution in [3.63, 3.8) is 0 Å². The van der Waals surface area contributed by atoms with Crippen LogP contribution in [-0.4, -0.2) is 14.5 Å². The van der Waals surface area contributed by atoms with Gasteiger partial charge in [-0.05, 0) is 18.6 Å². The molecule has 0 aliphatic carbocycles. The summed E-state index contributed by atoms with van der Waals surface area (Å²) in [6.45, 7) is 1.91. The molecule has 0 amide bonds. The number of para-hydroxylation sites is 1. The minimum atomic E-state index is -0.419. The van der Waals surface area contributed by atoms with Crippen molar-refractivity contribution in [2.45, 2.75) is 6.92 Å². The van der Waals surface area contributed by atoms with Crippen LogP contribution in [-0.2, 0) is 0 Å². The van der Waals surface area contributed by atoms with Crippen LogP contribution in [0, 0.1) is 6.92 Å². The van der Waals surface area contributed by atoms with Crippen LogP contribution in [0.15, 0.2) is 35.4 Å². The third-order valence-corrected chi connectivity index (χ3v) is 2.21. The number of nitrogens with two attached hydrogens (primary N) is 1. The van der Waals surface area contributed by atoms with Gasteiger partial charge in [-0.25, -0.2) is 15.6 Å². The van der Waals surface area contributed by atoms with E-state index in [0.29, 0.717) is 0 Å². The van der Waals surface area contributed by atoms with E-state index in [0.717, 1.165) is 11.3 Å². The molecule has 0 spiro atoms. The number of rotatable bonds is 2. The molecule has 16 heavy (non-hydrogen) atoms. The van der Waals surface area contributed by atoms with Gasteiger partial charge in [0.25, 0.3) is 0 Å². The van der Waals surface area contributed by atoms with E-state index >= 15 is 0 Å². The van der Waals surface area contributed by atoms with Crippen molar-refractivity contribution in [1.29, 1.82) is 0 Å². The number of aryl methyl sites for hydroxylation is 1. The smallest absolute Gasteiger partial charge is 0.292 e. The number of aromatic nitrogens is 3. The first-order chi connectivity index (χ1) is 7.72. The summed E-state index contributed by atoms with van der Waals surface area (Å²) in [5, 5.41) is 0. The number of benzene rings is 1. The van der Waals surface area contributed by atoms with E-state index in [2.05, 4.69) is 15.4 Å². The molecule has 6 heteroatoms. The summed E-state index contributed by atoms with van der Waals surface area (Å²) in [5.41, 5.74) is 3.54. The minimum absolute atomic E-state index is 0.106. The Bertz CT molecular complexity index is 563. The zero-order valence-corrected chi connectivity index (χ0v) is 8.71. The minimum Gasteiger partial charge on any atom is -0.292 e. The highest BCUT2D eigenvalue weighted by molar-refractivity contribution is 5.39. The number of hydrazine groups is 1. The van der Waals surface area contributed by atoms with Crippen molar-refractivity contribution in [1.82, 2.24) is 14.5 Å². The predicted molar refractivity (Wildman–Crippen MR) is 60.2 cm³/mol. The normalized spacial score (nSPS) is 10.1. The fourth-order valence-corrected chi connectivity index (χ4v) is 1.40. The van der Waals surface area contributed by atoms with Crippen molar-refractivity contribution >= 4 is 5.95 Å². The first-order valence-corrected chi connectivity index (χ1v) is 4.70. The Morgan fingerprint density at radius 1 is 1.38 bits per heavy atom. The SMILES string of the molecule is Cc1ccccc1-n1cnc(NN)nc1=O. The summed E-state index contributed by atoms with van der Waals surface area (Å²) in [7, 11) is 0. The van der Waals surface area contributed by atoms with Crippen LogP contribution < -0.4 is 17.0 Å². The number of nitrogens with zero attached hydrogens (tertiary/aromatic N) is 3. The second kappa shape index (κ2) is 4.11. The van der Waals surface area contributed by atoms with Crippen LogP contribution in [0.1, 0.15) is 5.56 Å². The molecule has 1 aromatic heterocycles. The molecule has 82 valence electrons. The molecule has 0 saturated heterocycles. The van der Waals surface area contributed by atoms with Crippen molar-refractivity contribution in [3.8, 4) is 5.69 Å². The molecule has 6 nitrogen and oxygen atoms in total. The van der Waals surface area contributed by atoms with E-state index in [1.165, 1.54) is 10.9 Å². The zero-order valence-electron chi connectivity index (χ0n) is 8.71. The van der Waals surface area contributed by atoms with Crippen LogP contribution in [0.4, 0.5) is 5.95 Å². The van der Waals surface area contributed by atoms with Gasteiger partial charge in [0.2, 0.25) is 5.95 Å². The summed E-state index contributed by atoms with van der Waals surface area (Å²) < 4.78 is 1.37. The van der Waals surface area contributed by atoms with Crippen molar-refractivity contribution in [3.05, 3.63) is 46.6 Å². The lowest BCUT2D eigenvalue weighted by atomic mass is 10.2. The van der Waals surface area contributed by atoms with Crippen LogP contribution in [0.2, 0.25) is 0 Å². The number of hydrogen-bond donors (Lipinski definition) is 2. The van der Waals surface area contributed by atoms with Crippen molar-refractivity contribution in [2.24, 2.45) is 5.84 Å². The second-order valence-corrected chi connectivity index (χ2v) is 3.26. The van der Waals surface area contributed by atoms with Gasteiger partial charge in [0.15, 0.2) is 0 Å². The summed E-state index contributed by atoms with van der Waals surface area (Å²) in [6, 6.07) is 7.50. The number of nitrogen functional groups attached to an aromatic ring is 1. The maximum atomic E-state index is 11.7. The second-order valence-electron chi connectivity index (χ2n) is 3.26. The third-order valence-electron chi connectivity index (χ3n) is 2.21. The monoisotopic (exact) mass is 217 g/mol. The average molecular weight is 217 g/mol. The Morgan fingerprint density at radius 2 is 2.12 bits per heavy atom. The molecule has 1 heterocycles. The molecule has 0 aliphatic heterocycles. The molecule has 0 saturated carbocycles. The molecule has 0 aliphatic rings. The molecule has 0 radical (unpaired) electrons. The quantitative estimate of drug-likeness (QED) is 0.555. The Morgan fingerprint density at radius 3 is 2.75 bits per heavy atom. The van der Waals surface area contributed by atoms with Gasteiger partial charge in [0.05, 0.1) is 5.69 Å². The lowest BCUT2D eigenvalue weighted by molar-refractivity contribution is 0.853. The molecule has 2 rings (SSSR count). The topological polar surface area (TPSA) is 85.8 Å². The molecular weight excluding hydrogens is 206 g/mol. The Balaban J connectivity index is 2.58. The number of nitrogens with one attached hydrogen (secondary N) is 1. The maximum Gasteiger partial charge on any atom is 0.356 e. The van der Waals surface area contributed by atoms with Crippen LogP contribution >= 0.6 is 0 Å². The standard InChI is InChI=1S/C10H11N5O/c1-7-4-2-3-5-8(7)15-6-12-9(14-11)13-10(15)16/h2-6H,11H2,1H3,(H,13,14,16). The van der Waals surface area contributed by atoms with E-state index in [4.69, 9.17) is 5.84 Å². The lowest BCUT2D eigenvalue weighted by Crippen LogP contribution is -2.25. The van der Waals surface area contributed by atoms with Gasteiger partial charge in [-0.1, -0.05) is 18.2 Å². The van der Waals surface area contributed by atoms with E-state index in [1.807, 2.05) is 31.2 Å². The molecule has 0 fully saturated rings. The van der Waals surface area contributed by atoms with Gasteiger partial charge in [-0.2, -0.15) is 4.98 Å². The van der Waals surface area contributed by atoms with Gasteiger partial charge >= 0.3 is 5.69 Å². The van der Waals surface area contributed by atoms with Gasteiger partial charge in [-0.15, -0.1) is 0 Å². The Kier molecular flexibility index (Phi) is 2.65. The summed E-state index contributed by atoms with van der Waals surface area (Å²) in [5.74, 6) is 5.22. The summed E-state index contributed by atoms with van der Waals surface area (Å²) >= 11 is 0. The Labute approximate surface area is 91.7 Å². The fraction of sp³-hybridized carbons (Fsp3) is 0.100. The highest BCUT2D eigenvalue weighted by Crippen LogP contribution is 2.09. The molecule has 3 N–H and O–H groups in total. The lowest BCUT2D eigenvalue weighted by Gasteiger charge is -2.07. The van der Waals surface area contributed by atoms with E-state index in [-0.39, 0.29) is 5.95 Å². The van der Waals surface area contributed by atoms with E-state index in [9.17, 15) is 4.79 Å². The number of hydrogen-bond acceptors (Lipinski definition) is 5. The van der Waals surface area contributed by atoms with Gasteiger partial charge in [-0.3, -0.25) is 9.99 Å². The number of anilines is 1. The van der Waals surface area contributed by atoms with Crippen LogP contribution in [0.3, 0.4) is 0 Å². The predicted octanol–water partition coefficient (Wildman–Crippen LogP) is 0.222. The molecule has 0 unspecified atom stereocenters. The van der Waals surface area contributed by atoms with E-state index < -0.39 is 5.69 Å². The zero-order chi connectivity index (χ0) is 11.5. The van der Waals surface area contributed by atoms with Gasteiger partial charge in [0.1, 0.15) is 6.33 Å². The summed E-state index contributed by atoms with van der Waals surface area (Å²) in [6.07, 6.45) is 1.40. The van der Waals surface area contributed by atoms with Crippen LogP contribution in [0.5, 0.6) is 0 Å². The average Bonchev–Trinajstić information content (AvgIpc) is 2.30. The molecule has 1 aromatic carbocycles. The largest absolute Gasteiger partial charge is 0.356 e. The Hall–Kier alpha value is -2.21. The van der Waals surface area contributed by atoms with Crippen molar-refractivity contribution < 1.29 is 0 Å². The van der Waals surface area contributed by atoms with Gasteiger partial charge < -0.3 is 0 Å². The van der Waals surface area contributed by atoms with Gasteiger partial charge in [0, 0.05) is 0 Å². The molecule has 2 aromatic rings. The summed E-state index contributed by atoms with van der Waals surface area (Å²) in [4.78, 5) is 19.2.